The molecule has 1 atom stereocenters. The maximum Gasteiger partial charge on any atom is 0.161 e. The van der Waals surface area contributed by atoms with Crippen molar-refractivity contribution in [3.05, 3.63) is 77.4 Å². The second-order valence-corrected chi connectivity index (χ2v) is 9.24. The SMILES string of the molecule is CC(C)c1cnn2c(N[C@@H]3CCc4[nH]c5c(F)cccc5c4C3)cc(-c3cncc(F)c3)nc12. The smallest absolute Gasteiger partial charge is 0.161 e. The van der Waals surface area contributed by atoms with Crippen molar-refractivity contribution in [1.82, 2.24) is 24.6 Å². The molecule has 2 N–H and O–H groups in total. The summed E-state index contributed by atoms with van der Waals surface area (Å²) in [7, 11) is 0. The Hall–Kier alpha value is -3.81. The molecule has 6 rings (SSSR count). The lowest BCUT2D eigenvalue weighted by molar-refractivity contribution is 0.602. The Kier molecular flexibility index (Phi) is 4.83. The highest BCUT2D eigenvalue weighted by molar-refractivity contribution is 5.85. The molecule has 0 saturated carbocycles. The molecule has 0 spiro atoms. The third-order valence-electron chi connectivity index (χ3n) is 6.65. The van der Waals surface area contributed by atoms with E-state index in [9.17, 15) is 8.78 Å². The molecule has 1 aliphatic carbocycles. The van der Waals surface area contributed by atoms with Crippen LogP contribution in [0.3, 0.4) is 0 Å². The van der Waals surface area contributed by atoms with Gasteiger partial charge in [0.05, 0.1) is 23.6 Å². The van der Waals surface area contributed by atoms with E-state index < -0.39 is 5.82 Å². The number of hydrogen-bond acceptors (Lipinski definition) is 4. The van der Waals surface area contributed by atoms with Crippen LogP contribution < -0.4 is 5.32 Å². The fraction of sp³-hybridized carbons (Fsp3) is 0.269. The van der Waals surface area contributed by atoms with E-state index in [0.29, 0.717) is 16.8 Å². The number of anilines is 1. The van der Waals surface area contributed by atoms with Gasteiger partial charge in [0.25, 0.3) is 0 Å². The standard InChI is InChI=1S/C26H24F2N6/c1-14(2)20-13-30-34-24(10-23(33-26(20)34)15-8-16(27)12-29-11-15)31-17-6-7-22-19(9-17)18-4-3-5-21(28)25(18)32-22/h3-5,8,10-14,17,31-32H,6-7,9H2,1-2H3/t17-/m1/s1. The van der Waals surface area contributed by atoms with Crippen molar-refractivity contribution >= 4 is 22.4 Å². The highest BCUT2D eigenvalue weighted by Gasteiger charge is 2.25. The van der Waals surface area contributed by atoms with Gasteiger partial charge in [-0.15, -0.1) is 0 Å². The quantitative estimate of drug-likeness (QED) is 0.365. The molecule has 4 heterocycles. The minimum atomic E-state index is -0.405. The molecule has 0 amide bonds. The summed E-state index contributed by atoms with van der Waals surface area (Å²) < 4.78 is 30.0. The zero-order valence-electron chi connectivity index (χ0n) is 18.9. The van der Waals surface area contributed by atoms with Gasteiger partial charge in [-0.3, -0.25) is 4.98 Å². The Balaban J connectivity index is 1.41. The first-order valence-corrected chi connectivity index (χ1v) is 11.5. The van der Waals surface area contributed by atoms with Crippen molar-refractivity contribution in [2.24, 2.45) is 0 Å². The number of para-hydroxylation sites is 1. The second kappa shape index (κ2) is 7.90. The molecule has 0 bridgehead atoms. The largest absolute Gasteiger partial charge is 0.367 e. The number of aromatic amines is 1. The van der Waals surface area contributed by atoms with E-state index in [-0.39, 0.29) is 17.8 Å². The average molecular weight is 459 g/mol. The van der Waals surface area contributed by atoms with Crippen molar-refractivity contribution in [3.63, 3.8) is 0 Å². The summed E-state index contributed by atoms with van der Waals surface area (Å²) in [5.41, 5.74) is 5.84. The molecule has 0 radical (unpaired) electrons. The number of nitrogens with one attached hydrogen (secondary N) is 2. The van der Waals surface area contributed by atoms with Gasteiger partial charge >= 0.3 is 0 Å². The predicted molar refractivity (Wildman–Crippen MR) is 128 cm³/mol. The number of hydrogen-bond donors (Lipinski definition) is 2. The van der Waals surface area contributed by atoms with E-state index in [1.807, 2.05) is 22.8 Å². The number of nitrogens with zero attached hydrogens (tertiary/aromatic N) is 4. The van der Waals surface area contributed by atoms with E-state index in [2.05, 4.69) is 34.2 Å². The monoisotopic (exact) mass is 458 g/mol. The van der Waals surface area contributed by atoms with Crippen LogP contribution in [-0.4, -0.2) is 30.6 Å². The van der Waals surface area contributed by atoms with E-state index >= 15 is 0 Å². The van der Waals surface area contributed by atoms with Crippen LogP contribution in [0.15, 0.2) is 48.9 Å². The molecular weight excluding hydrogens is 434 g/mol. The van der Waals surface area contributed by atoms with Crippen LogP contribution in [0.2, 0.25) is 0 Å². The zero-order chi connectivity index (χ0) is 23.4. The maximum atomic E-state index is 14.3. The molecule has 0 unspecified atom stereocenters. The van der Waals surface area contributed by atoms with Crippen LogP contribution in [0.1, 0.15) is 43.0 Å². The van der Waals surface area contributed by atoms with Crippen LogP contribution in [-0.2, 0) is 12.8 Å². The molecule has 5 aromatic rings. The molecule has 6 nitrogen and oxygen atoms in total. The molecule has 8 heteroatoms. The molecule has 172 valence electrons. The van der Waals surface area contributed by atoms with Crippen LogP contribution in [0.25, 0.3) is 27.8 Å². The number of H-pyrrole nitrogens is 1. The van der Waals surface area contributed by atoms with Gasteiger partial charge in [-0.1, -0.05) is 26.0 Å². The summed E-state index contributed by atoms with van der Waals surface area (Å²) in [6.07, 6.45) is 7.12. The van der Waals surface area contributed by atoms with Gasteiger partial charge in [-0.25, -0.2) is 13.8 Å². The van der Waals surface area contributed by atoms with Gasteiger partial charge in [0, 0.05) is 40.5 Å². The topological polar surface area (TPSA) is 70.9 Å². The number of halogens is 2. The first kappa shape index (κ1) is 20.8. The highest BCUT2D eigenvalue weighted by Crippen LogP contribution is 2.33. The van der Waals surface area contributed by atoms with Gasteiger partial charge in [0.15, 0.2) is 5.65 Å². The van der Waals surface area contributed by atoms with Gasteiger partial charge < -0.3 is 10.3 Å². The van der Waals surface area contributed by atoms with Crippen molar-refractivity contribution in [2.75, 3.05) is 5.32 Å². The Bertz CT molecular complexity index is 1530. The summed E-state index contributed by atoms with van der Waals surface area (Å²) >= 11 is 0. The third-order valence-corrected chi connectivity index (χ3v) is 6.65. The van der Waals surface area contributed by atoms with Crippen LogP contribution in [0.4, 0.5) is 14.6 Å². The van der Waals surface area contributed by atoms with Crippen molar-refractivity contribution in [3.8, 4) is 11.3 Å². The van der Waals surface area contributed by atoms with Gasteiger partial charge in [0.2, 0.25) is 0 Å². The van der Waals surface area contributed by atoms with Crippen molar-refractivity contribution < 1.29 is 8.78 Å². The zero-order valence-corrected chi connectivity index (χ0v) is 18.9. The average Bonchev–Trinajstić information content (AvgIpc) is 3.42. The Morgan fingerprint density at radius 3 is 2.85 bits per heavy atom. The van der Waals surface area contributed by atoms with E-state index in [4.69, 9.17) is 4.98 Å². The molecule has 0 fully saturated rings. The number of benzene rings is 1. The summed E-state index contributed by atoms with van der Waals surface area (Å²) in [5, 5.41) is 9.19. The molecule has 4 aromatic heterocycles. The minimum Gasteiger partial charge on any atom is -0.367 e. The number of fused-ring (bicyclic) bond motifs is 4. The number of aryl methyl sites for hydroxylation is 1. The van der Waals surface area contributed by atoms with E-state index in [0.717, 1.165) is 52.9 Å². The lowest BCUT2D eigenvalue weighted by atomic mass is 9.91. The first-order chi connectivity index (χ1) is 16.5. The lowest BCUT2D eigenvalue weighted by Crippen LogP contribution is -2.28. The minimum absolute atomic E-state index is 0.130. The Morgan fingerprint density at radius 2 is 2.03 bits per heavy atom. The lowest BCUT2D eigenvalue weighted by Gasteiger charge is -2.25. The fourth-order valence-corrected chi connectivity index (χ4v) is 4.93. The first-order valence-electron chi connectivity index (χ1n) is 11.5. The summed E-state index contributed by atoms with van der Waals surface area (Å²) in [6.45, 7) is 4.20. The molecule has 1 aliphatic rings. The molecular formula is C26H24F2N6. The fourth-order valence-electron chi connectivity index (χ4n) is 4.93. The predicted octanol–water partition coefficient (Wildman–Crippen LogP) is 5.64. The Morgan fingerprint density at radius 1 is 1.15 bits per heavy atom. The van der Waals surface area contributed by atoms with Crippen molar-refractivity contribution in [1.29, 1.82) is 0 Å². The number of aromatic nitrogens is 5. The van der Waals surface area contributed by atoms with Crippen LogP contribution in [0.5, 0.6) is 0 Å². The Labute approximate surface area is 195 Å². The van der Waals surface area contributed by atoms with Crippen LogP contribution in [0, 0.1) is 11.6 Å². The maximum absolute atomic E-state index is 14.3. The normalized spacial score (nSPS) is 15.9. The highest BCUT2D eigenvalue weighted by atomic mass is 19.1. The third kappa shape index (κ3) is 3.41. The van der Waals surface area contributed by atoms with Crippen molar-refractivity contribution in [2.45, 2.75) is 45.1 Å². The second-order valence-electron chi connectivity index (χ2n) is 9.24. The van der Waals surface area contributed by atoms with E-state index in [1.54, 1.807) is 12.3 Å². The van der Waals surface area contributed by atoms with Crippen LogP contribution >= 0.6 is 0 Å². The van der Waals surface area contributed by atoms with E-state index in [1.165, 1.54) is 18.3 Å². The molecule has 34 heavy (non-hydrogen) atoms. The molecule has 1 aromatic carbocycles. The molecule has 0 saturated heterocycles. The van der Waals surface area contributed by atoms with Gasteiger partial charge in [-0.2, -0.15) is 9.61 Å². The number of rotatable bonds is 4. The van der Waals surface area contributed by atoms with Gasteiger partial charge in [-0.05, 0) is 42.9 Å². The summed E-state index contributed by atoms with van der Waals surface area (Å²) in [5.74, 6) is 0.392. The van der Waals surface area contributed by atoms with Gasteiger partial charge in [0.1, 0.15) is 17.5 Å². The summed E-state index contributed by atoms with van der Waals surface area (Å²) in [4.78, 5) is 12.1. The number of pyridine rings is 1. The molecule has 0 aliphatic heterocycles. The summed E-state index contributed by atoms with van der Waals surface area (Å²) in [6, 6.07) is 8.68.